The summed E-state index contributed by atoms with van der Waals surface area (Å²) in [6.45, 7) is 1.93. The molecule has 0 saturated carbocycles. The zero-order valence-electron chi connectivity index (χ0n) is 17.3. The Hall–Kier alpha value is -3.61. The predicted molar refractivity (Wildman–Crippen MR) is 112 cm³/mol. The molecule has 1 unspecified atom stereocenters. The van der Waals surface area contributed by atoms with Crippen LogP contribution in [-0.4, -0.2) is 53.8 Å². The van der Waals surface area contributed by atoms with Crippen LogP contribution in [0, 0.1) is 12.8 Å². The van der Waals surface area contributed by atoms with Crippen molar-refractivity contribution in [3.8, 4) is 5.75 Å². The topological polar surface area (TPSA) is 82.7 Å². The summed E-state index contributed by atoms with van der Waals surface area (Å²) in [7, 11) is 4.40. The zero-order valence-corrected chi connectivity index (χ0v) is 17.3. The van der Waals surface area contributed by atoms with Crippen molar-refractivity contribution in [3.63, 3.8) is 0 Å². The molecule has 1 fully saturated rings. The normalized spacial score (nSPS) is 16.5. The van der Waals surface area contributed by atoms with Crippen LogP contribution in [0.4, 0.5) is 4.79 Å². The number of carbonyl (C=O) groups excluding carboxylic acids is 3. The molecule has 4 amide bonds. The molecule has 1 aromatic heterocycles. The SMILES string of the molecule is COc1ccc(C(c2c(C)[nH]c3ccccc23)C2C(=O)N(C)C(=O)N(C)C2=O)cc1. The summed E-state index contributed by atoms with van der Waals surface area (Å²) in [6, 6.07) is 14.5. The number of rotatable bonds is 4. The summed E-state index contributed by atoms with van der Waals surface area (Å²) in [5, 5.41) is 0.943. The van der Waals surface area contributed by atoms with E-state index in [1.54, 1.807) is 7.11 Å². The molecule has 7 nitrogen and oxygen atoms in total. The molecule has 1 N–H and O–H groups in total. The van der Waals surface area contributed by atoms with Crippen molar-refractivity contribution < 1.29 is 19.1 Å². The molecule has 1 aliphatic heterocycles. The minimum Gasteiger partial charge on any atom is -0.497 e. The summed E-state index contributed by atoms with van der Waals surface area (Å²) in [5.74, 6) is -1.95. The highest BCUT2D eigenvalue weighted by Crippen LogP contribution is 2.41. The van der Waals surface area contributed by atoms with Crippen molar-refractivity contribution in [2.24, 2.45) is 5.92 Å². The number of methoxy groups -OCH3 is 1. The fraction of sp³-hybridized carbons (Fsp3) is 0.261. The van der Waals surface area contributed by atoms with Crippen LogP contribution in [0.1, 0.15) is 22.7 Å². The molecule has 154 valence electrons. The van der Waals surface area contributed by atoms with Crippen LogP contribution in [-0.2, 0) is 9.59 Å². The van der Waals surface area contributed by atoms with Gasteiger partial charge in [0.1, 0.15) is 11.7 Å². The number of ether oxygens (including phenoxy) is 1. The second-order valence-corrected chi connectivity index (χ2v) is 7.51. The number of urea groups is 1. The van der Waals surface area contributed by atoms with E-state index < -0.39 is 29.7 Å². The number of carbonyl (C=O) groups is 3. The number of aromatic nitrogens is 1. The van der Waals surface area contributed by atoms with E-state index >= 15 is 0 Å². The van der Waals surface area contributed by atoms with Crippen molar-refractivity contribution in [1.29, 1.82) is 0 Å². The molecule has 0 spiro atoms. The third-order valence-corrected chi connectivity index (χ3v) is 5.83. The van der Waals surface area contributed by atoms with E-state index in [-0.39, 0.29) is 0 Å². The lowest BCUT2D eigenvalue weighted by Gasteiger charge is -2.37. The van der Waals surface area contributed by atoms with E-state index in [0.29, 0.717) is 5.75 Å². The summed E-state index contributed by atoms with van der Waals surface area (Å²) in [6.07, 6.45) is 0. The Bertz CT molecular complexity index is 1120. The van der Waals surface area contributed by atoms with Crippen molar-refractivity contribution in [3.05, 3.63) is 65.4 Å². The fourth-order valence-electron chi connectivity index (χ4n) is 4.26. The average molecular weight is 405 g/mol. The van der Waals surface area contributed by atoms with E-state index in [1.807, 2.05) is 55.5 Å². The number of imide groups is 2. The van der Waals surface area contributed by atoms with Gasteiger partial charge in [-0.05, 0) is 36.2 Å². The van der Waals surface area contributed by atoms with E-state index in [1.165, 1.54) is 14.1 Å². The van der Waals surface area contributed by atoms with Gasteiger partial charge in [0.15, 0.2) is 0 Å². The standard InChI is InChI=1S/C23H23N3O4/c1-13-18(16-7-5-6-8-17(16)24-13)19(14-9-11-15(30-4)12-10-14)20-21(27)25(2)23(29)26(3)22(20)28/h5-12,19-20,24H,1-4H3. The Morgan fingerprint density at radius 2 is 1.53 bits per heavy atom. The molecule has 0 radical (unpaired) electrons. The average Bonchev–Trinajstić information content (AvgIpc) is 3.09. The van der Waals surface area contributed by atoms with Crippen molar-refractivity contribution in [2.75, 3.05) is 21.2 Å². The van der Waals surface area contributed by atoms with Crippen LogP contribution in [0.3, 0.4) is 0 Å². The molecule has 3 aromatic rings. The lowest BCUT2D eigenvalue weighted by molar-refractivity contribution is -0.148. The number of nitrogens with zero attached hydrogens (tertiary/aromatic N) is 2. The third kappa shape index (κ3) is 2.94. The van der Waals surface area contributed by atoms with Crippen LogP contribution >= 0.6 is 0 Å². The third-order valence-electron chi connectivity index (χ3n) is 5.83. The highest BCUT2D eigenvalue weighted by molar-refractivity contribution is 6.16. The minimum absolute atomic E-state index is 0.506. The van der Waals surface area contributed by atoms with Crippen LogP contribution in [0.2, 0.25) is 0 Å². The first kappa shape index (κ1) is 19.7. The molecule has 0 aliphatic carbocycles. The maximum atomic E-state index is 13.2. The van der Waals surface area contributed by atoms with Gasteiger partial charge in [-0.2, -0.15) is 0 Å². The largest absolute Gasteiger partial charge is 0.497 e. The summed E-state index contributed by atoms with van der Waals surface area (Å²) >= 11 is 0. The lowest BCUT2D eigenvalue weighted by Crippen LogP contribution is -2.58. The van der Waals surface area contributed by atoms with Gasteiger partial charge < -0.3 is 9.72 Å². The van der Waals surface area contributed by atoms with Gasteiger partial charge >= 0.3 is 6.03 Å². The summed E-state index contributed by atoms with van der Waals surface area (Å²) in [5.41, 5.74) is 3.47. The Morgan fingerprint density at radius 3 is 2.13 bits per heavy atom. The van der Waals surface area contributed by atoms with Gasteiger partial charge in [-0.1, -0.05) is 30.3 Å². The second kappa shape index (κ2) is 7.33. The molecule has 7 heteroatoms. The number of aromatic amines is 1. The molecule has 4 rings (SSSR count). The predicted octanol–water partition coefficient (Wildman–Crippen LogP) is 3.28. The lowest BCUT2D eigenvalue weighted by atomic mass is 9.77. The molecule has 2 heterocycles. The maximum Gasteiger partial charge on any atom is 0.332 e. The van der Waals surface area contributed by atoms with Gasteiger partial charge in [0.25, 0.3) is 0 Å². The van der Waals surface area contributed by atoms with E-state index in [4.69, 9.17) is 4.74 Å². The fourth-order valence-corrected chi connectivity index (χ4v) is 4.26. The number of hydrogen-bond acceptors (Lipinski definition) is 4. The highest BCUT2D eigenvalue weighted by atomic mass is 16.5. The van der Waals surface area contributed by atoms with Crippen LogP contribution in [0.5, 0.6) is 5.75 Å². The van der Waals surface area contributed by atoms with Gasteiger partial charge in [-0.25, -0.2) is 4.79 Å². The first-order valence-electron chi connectivity index (χ1n) is 9.65. The van der Waals surface area contributed by atoms with Gasteiger partial charge in [0, 0.05) is 36.6 Å². The molecule has 1 aliphatic rings. The molecular weight excluding hydrogens is 382 g/mol. The maximum absolute atomic E-state index is 13.2. The molecule has 1 atom stereocenters. The number of barbiturate groups is 1. The van der Waals surface area contributed by atoms with E-state index in [0.717, 1.165) is 37.5 Å². The molecule has 2 aromatic carbocycles. The minimum atomic E-state index is -1.05. The number of nitrogens with one attached hydrogen (secondary N) is 1. The molecule has 0 bridgehead atoms. The van der Waals surface area contributed by atoms with Gasteiger partial charge in [-0.3, -0.25) is 19.4 Å². The molecule has 30 heavy (non-hydrogen) atoms. The van der Waals surface area contributed by atoms with Gasteiger partial charge in [0.05, 0.1) is 7.11 Å². The Morgan fingerprint density at radius 1 is 0.933 bits per heavy atom. The zero-order chi connectivity index (χ0) is 21.6. The summed E-state index contributed by atoms with van der Waals surface area (Å²) < 4.78 is 5.27. The Labute approximate surface area is 174 Å². The number of aryl methyl sites for hydroxylation is 1. The van der Waals surface area contributed by atoms with E-state index in [9.17, 15) is 14.4 Å². The second-order valence-electron chi connectivity index (χ2n) is 7.51. The monoisotopic (exact) mass is 405 g/mol. The number of para-hydroxylation sites is 1. The van der Waals surface area contributed by atoms with Crippen LogP contribution in [0.25, 0.3) is 10.9 Å². The molecular formula is C23H23N3O4. The van der Waals surface area contributed by atoms with E-state index in [2.05, 4.69) is 4.98 Å². The van der Waals surface area contributed by atoms with Crippen molar-refractivity contribution >= 4 is 28.7 Å². The summed E-state index contributed by atoms with van der Waals surface area (Å²) in [4.78, 5) is 44.1. The number of benzene rings is 2. The first-order valence-corrected chi connectivity index (χ1v) is 9.65. The van der Waals surface area contributed by atoms with Crippen LogP contribution in [0.15, 0.2) is 48.5 Å². The number of hydrogen-bond donors (Lipinski definition) is 1. The van der Waals surface area contributed by atoms with Crippen molar-refractivity contribution in [2.45, 2.75) is 12.8 Å². The first-order chi connectivity index (χ1) is 14.3. The van der Waals surface area contributed by atoms with Crippen molar-refractivity contribution in [1.82, 2.24) is 14.8 Å². The van der Waals surface area contributed by atoms with Gasteiger partial charge in [0.2, 0.25) is 11.8 Å². The Balaban J connectivity index is 1.96. The number of amides is 4. The quantitative estimate of drug-likeness (QED) is 0.676. The highest BCUT2D eigenvalue weighted by Gasteiger charge is 2.48. The number of fused-ring (bicyclic) bond motifs is 1. The van der Waals surface area contributed by atoms with Crippen LogP contribution < -0.4 is 4.74 Å². The molecule has 1 saturated heterocycles. The Kier molecular flexibility index (Phi) is 4.81. The van der Waals surface area contributed by atoms with Gasteiger partial charge in [-0.15, -0.1) is 0 Å². The number of H-pyrrole nitrogens is 1. The smallest absolute Gasteiger partial charge is 0.332 e.